The van der Waals surface area contributed by atoms with Gasteiger partial charge < -0.3 is 0 Å². The van der Waals surface area contributed by atoms with Crippen LogP contribution in [-0.2, 0) is 0 Å². The van der Waals surface area contributed by atoms with Gasteiger partial charge >= 0.3 is 0 Å². The van der Waals surface area contributed by atoms with E-state index in [-0.39, 0.29) is 0 Å². The molecule has 0 spiro atoms. The van der Waals surface area contributed by atoms with Crippen LogP contribution in [0.4, 0.5) is 0 Å². The largest absolute Gasteiger partial charge is 0.0856 e. The first-order chi connectivity index (χ1) is 12.0. The van der Waals surface area contributed by atoms with E-state index in [1.165, 1.54) is 41.5 Å². The molecule has 0 heteroatoms. The Balaban J connectivity index is 2.29. The molecule has 0 aliphatic heterocycles. The molecule has 0 bridgehead atoms. The molecule has 0 aliphatic rings. The predicted octanol–water partition coefficient (Wildman–Crippen LogP) is 8.16. The average molecular weight is 337 g/mol. The lowest BCUT2D eigenvalue weighted by Crippen LogP contribution is -1.87. The second-order valence-corrected chi connectivity index (χ2v) is 7.32. The third kappa shape index (κ3) is 10.6. The van der Waals surface area contributed by atoms with Crippen molar-refractivity contribution in [2.24, 2.45) is 0 Å². The molecule has 0 fully saturated rings. The molecule has 1 aromatic rings. The number of hydrogen-bond donors (Lipinski definition) is 0. The Bertz CT molecular complexity index is 592. The summed E-state index contributed by atoms with van der Waals surface area (Å²) >= 11 is 0. The van der Waals surface area contributed by atoms with Gasteiger partial charge in [-0.2, -0.15) is 0 Å². The van der Waals surface area contributed by atoms with Gasteiger partial charge in [0.2, 0.25) is 0 Å². The van der Waals surface area contributed by atoms with Crippen molar-refractivity contribution in [3.8, 4) is 0 Å². The topological polar surface area (TPSA) is 0 Å². The number of allylic oxidation sites excluding steroid dienone is 8. The van der Waals surface area contributed by atoms with E-state index >= 15 is 0 Å². The highest BCUT2D eigenvalue weighted by Crippen LogP contribution is 2.16. The highest BCUT2D eigenvalue weighted by Gasteiger charge is 1.98. The van der Waals surface area contributed by atoms with Crippen LogP contribution in [0.5, 0.6) is 0 Å². The minimum absolute atomic E-state index is 0.487. The summed E-state index contributed by atoms with van der Waals surface area (Å²) in [5, 5.41) is 0. The van der Waals surface area contributed by atoms with Crippen molar-refractivity contribution in [1.82, 2.24) is 0 Å². The molecule has 0 nitrogen and oxygen atoms in total. The van der Waals surface area contributed by atoms with Crippen molar-refractivity contribution >= 4 is 0 Å². The Hall–Kier alpha value is -1.82. The zero-order valence-corrected chi connectivity index (χ0v) is 16.9. The Morgan fingerprint density at radius 1 is 0.840 bits per heavy atom. The first kappa shape index (κ1) is 21.2. The first-order valence-electron chi connectivity index (χ1n) is 9.65. The van der Waals surface area contributed by atoms with Gasteiger partial charge in [-0.3, -0.25) is 0 Å². The zero-order chi connectivity index (χ0) is 18.5. The molecule has 1 rings (SSSR count). The van der Waals surface area contributed by atoms with E-state index in [9.17, 15) is 0 Å². The molecule has 0 N–H and O–H groups in total. The van der Waals surface area contributed by atoms with Crippen LogP contribution in [0.2, 0.25) is 0 Å². The fourth-order valence-corrected chi connectivity index (χ4v) is 2.76. The Morgan fingerprint density at radius 2 is 1.44 bits per heavy atom. The normalized spacial score (nSPS) is 14.0. The van der Waals surface area contributed by atoms with Crippen LogP contribution < -0.4 is 0 Å². The lowest BCUT2D eigenvalue weighted by molar-refractivity contribution is 0.914. The maximum atomic E-state index is 2.41. The molecule has 0 saturated heterocycles. The van der Waals surface area contributed by atoms with Crippen molar-refractivity contribution in [3.05, 3.63) is 83.0 Å². The van der Waals surface area contributed by atoms with Gasteiger partial charge in [0.1, 0.15) is 0 Å². The van der Waals surface area contributed by atoms with Crippen LogP contribution in [0.3, 0.4) is 0 Å². The molecule has 0 amide bonds. The van der Waals surface area contributed by atoms with E-state index in [2.05, 4.69) is 95.3 Å². The van der Waals surface area contributed by atoms with Crippen molar-refractivity contribution in [2.45, 2.75) is 72.6 Å². The number of hydrogen-bond acceptors (Lipinski definition) is 0. The minimum Gasteiger partial charge on any atom is -0.0856 e. The first-order valence-corrected chi connectivity index (χ1v) is 9.65. The van der Waals surface area contributed by atoms with Crippen molar-refractivity contribution in [2.75, 3.05) is 0 Å². The molecule has 0 radical (unpaired) electrons. The molecule has 1 aromatic carbocycles. The maximum absolute atomic E-state index is 2.41. The summed E-state index contributed by atoms with van der Waals surface area (Å²) in [4.78, 5) is 0. The molecule has 1 unspecified atom stereocenters. The maximum Gasteiger partial charge on any atom is -0.00103 e. The lowest BCUT2D eigenvalue weighted by Gasteiger charge is -2.05. The van der Waals surface area contributed by atoms with E-state index < -0.39 is 0 Å². The standard InChI is InChI=1S/C25H36/c1-21(2)13-11-15-23(4)17-12-16-22(3)14-9-10-18-24(5)25-19-7-6-8-20-25/h6-8,10,13-14,17-20,24H,9,11-12,15-16H2,1-5H3. The summed E-state index contributed by atoms with van der Waals surface area (Å²) in [6.07, 6.45) is 17.4. The quantitative estimate of drug-likeness (QED) is 0.378. The van der Waals surface area contributed by atoms with E-state index in [1.807, 2.05) is 0 Å². The van der Waals surface area contributed by atoms with Gasteiger partial charge in [-0.15, -0.1) is 0 Å². The van der Waals surface area contributed by atoms with Gasteiger partial charge in [0, 0.05) is 0 Å². The Kier molecular flexibility index (Phi) is 10.6. The van der Waals surface area contributed by atoms with Crippen molar-refractivity contribution in [1.29, 1.82) is 0 Å². The Morgan fingerprint density at radius 3 is 2.08 bits per heavy atom. The summed E-state index contributed by atoms with van der Waals surface area (Å²) in [7, 11) is 0. The zero-order valence-electron chi connectivity index (χ0n) is 16.9. The van der Waals surface area contributed by atoms with Crippen molar-refractivity contribution in [3.63, 3.8) is 0 Å². The van der Waals surface area contributed by atoms with Gasteiger partial charge in [-0.05, 0) is 71.3 Å². The van der Waals surface area contributed by atoms with E-state index in [1.54, 1.807) is 0 Å². The second-order valence-electron chi connectivity index (χ2n) is 7.32. The lowest BCUT2D eigenvalue weighted by atomic mass is 10.0. The van der Waals surface area contributed by atoms with Crippen LogP contribution in [0.1, 0.15) is 78.2 Å². The highest BCUT2D eigenvalue weighted by molar-refractivity contribution is 5.23. The number of benzene rings is 1. The molecule has 0 saturated carbocycles. The summed E-state index contributed by atoms with van der Waals surface area (Å²) in [6, 6.07) is 10.7. The summed E-state index contributed by atoms with van der Waals surface area (Å²) in [5.74, 6) is 0.487. The molecular weight excluding hydrogens is 300 g/mol. The van der Waals surface area contributed by atoms with Gasteiger partial charge in [-0.1, -0.05) is 84.4 Å². The summed E-state index contributed by atoms with van der Waals surface area (Å²) < 4.78 is 0. The number of rotatable bonds is 10. The fourth-order valence-electron chi connectivity index (χ4n) is 2.76. The van der Waals surface area contributed by atoms with Gasteiger partial charge in [0.15, 0.2) is 0 Å². The van der Waals surface area contributed by atoms with Crippen LogP contribution >= 0.6 is 0 Å². The van der Waals surface area contributed by atoms with E-state index in [0.717, 1.165) is 12.8 Å². The van der Waals surface area contributed by atoms with E-state index in [4.69, 9.17) is 0 Å². The smallest absolute Gasteiger partial charge is 0.00103 e. The molecule has 25 heavy (non-hydrogen) atoms. The molecular formula is C25H36. The third-order valence-electron chi connectivity index (χ3n) is 4.48. The van der Waals surface area contributed by atoms with Crippen LogP contribution in [0.15, 0.2) is 77.4 Å². The Labute approximate surface area is 156 Å². The van der Waals surface area contributed by atoms with Gasteiger partial charge in [0.05, 0.1) is 0 Å². The summed E-state index contributed by atoms with van der Waals surface area (Å²) in [5.41, 5.74) is 5.81. The van der Waals surface area contributed by atoms with Crippen LogP contribution in [-0.4, -0.2) is 0 Å². The molecule has 0 heterocycles. The third-order valence-corrected chi connectivity index (χ3v) is 4.48. The second kappa shape index (κ2) is 12.5. The summed E-state index contributed by atoms with van der Waals surface area (Å²) in [6.45, 7) is 11.1. The SMILES string of the molecule is CC(C)=CCCC(C)=CCCC(C)=CCC=CC(C)c1ccccc1. The van der Waals surface area contributed by atoms with Crippen LogP contribution in [0.25, 0.3) is 0 Å². The van der Waals surface area contributed by atoms with E-state index in [0.29, 0.717) is 5.92 Å². The molecule has 0 aliphatic carbocycles. The molecule has 136 valence electrons. The fraction of sp³-hybridized carbons (Fsp3) is 0.440. The van der Waals surface area contributed by atoms with Crippen LogP contribution in [0, 0.1) is 0 Å². The molecule has 0 aromatic heterocycles. The monoisotopic (exact) mass is 336 g/mol. The highest BCUT2D eigenvalue weighted by atomic mass is 14.0. The predicted molar refractivity (Wildman–Crippen MR) is 114 cm³/mol. The van der Waals surface area contributed by atoms with Gasteiger partial charge in [0.25, 0.3) is 0 Å². The molecule has 1 atom stereocenters. The van der Waals surface area contributed by atoms with Crippen molar-refractivity contribution < 1.29 is 0 Å². The average Bonchev–Trinajstić information content (AvgIpc) is 2.59. The van der Waals surface area contributed by atoms with Gasteiger partial charge in [-0.25, -0.2) is 0 Å². The minimum atomic E-state index is 0.487.